The maximum atomic E-state index is 13.1. The minimum Gasteiger partial charge on any atom is -0.365 e. The van der Waals surface area contributed by atoms with Gasteiger partial charge in [-0.1, -0.05) is 12.1 Å². The number of nitrogens with one attached hydrogen (secondary N) is 1. The first-order valence-corrected chi connectivity index (χ1v) is 8.82. The molecular formula is C21H21F3N4O. The Labute approximate surface area is 166 Å². The Morgan fingerprint density at radius 1 is 1.17 bits per heavy atom. The van der Waals surface area contributed by atoms with Crippen LogP contribution in [0, 0.1) is 26.7 Å². The molecule has 0 spiro atoms. The van der Waals surface area contributed by atoms with Crippen molar-refractivity contribution in [1.29, 1.82) is 0 Å². The monoisotopic (exact) mass is 402 g/mol. The zero-order valence-electron chi connectivity index (χ0n) is 16.3. The summed E-state index contributed by atoms with van der Waals surface area (Å²) in [6.07, 6.45) is 5.27. The predicted molar refractivity (Wildman–Crippen MR) is 108 cm³/mol. The minimum atomic E-state index is -4.39. The van der Waals surface area contributed by atoms with Crippen molar-refractivity contribution >= 4 is 16.7 Å². The standard InChI is InChI=1S/C19H19F3N4O.C2H2/c1-4-26-10-14-16(8-17(26)27)24-12(3)25-18(14)23-9-13-6-5-7-15(11(13)2)19(20,21)22;1-2/h5-8,10H,4,9H2,1-3H3,(H,23,24,25);1-2H. The van der Waals surface area contributed by atoms with Gasteiger partial charge in [-0.2, -0.15) is 13.2 Å². The largest absolute Gasteiger partial charge is 0.416 e. The Kier molecular flexibility index (Phi) is 6.64. The van der Waals surface area contributed by atoms with Crippen LogP contribution < -0.4 is 10.9 Å². The van der Waals surface area contributed by atoms with Crippen molar-refractivity contribution in [3.8, 4) is 12.8 Å². The van der Waals surface area contributed by atoms with Gasteiger partial charge in [-0.15, -0.1) is 12.8 Å². The number of fused-ring (bicyclic) bond motifs is 1. The van der Waals surface area contributed by atoms with E-state index in [9.17, 15) is 18.0 Å². The molecule has 8 heteroatoms. The Balaban J connectivity index is 0.00000145. The zero-order valence-corrected chi connectivity index (χ0v) is 16.3. The summed E-state index contributed by atoms with van der Waals surface area (Å²) < 4.78 is 40.8. The number of pyridine rings is 1. The van der Waals surface area contributed by atoms with Gasteiger partial charge in [0.15, 0.2) is 0 Å². The second kappa shape index (κ2) is 8.78. The predicted octanol–water partition coefficient (Wildman–Crippen LogP) is 4.31. The lowest BCUT2D eigenvalue weighted by Crippen LogP contribution is -2.18. The van der Waals surface area contributed by atoms with E-state index in [0.717, 1.165) is 6.07 Å². The first-order valence-electron chi connectivity index (χ1n) is 8.82. The quantitative estimate of drug-likeness (QED) is 0.661. The minimum absolute atomic E-state index is 0.164. The maximum Gasteiger partial charge on any atom is 0.416 e. The molecule has 0 atom stereocenters. The maximum absolute atomic E-state index is 13.1. The van der Waals surface area contributed by atoms with Crippen molar-refractivity contribution < 1.29 is 13.2 Å². The smallest absolute Gasteiger partial charge is 0.365 e. The van der Waals surface area contributed by atoms with Crippen LogP contribution in [0.2, 0.25) is 0 Å². The van der Waals surface area contributed by atoms with Crippen LogP contribution in [0.5, 0.6) is 0 Å². The Morgan fingerprint density at radius 3 is 2.48 bits per heavy atom. The molecule has 2 heterocycles. The average Bonchev–Trinajstić information content (AvgIpc) is 2.67. The number of alkyl halides is 3. The first-order chi connectivity index (χ1) is 13.7. The third kappa shape index (κ3) is 4.74. The molecule has 152 valence electrons. The summed E-state index contributed by atoms with van der Waals surface area (Å²) in [6, 6.07) is 5.55. The van der Waals surface area contributed by atoms with E-state index >= 15 is 0 Å². The van der Waals surface area contributed by atoms with Crippen LogP contribution in [0.15, 0.2) is 35.3 Å². The number of terminal acetylenes is 1. The van der Waals surface area contributed by atoms with E-state index in [1.54, 1.807) is 19.2 Å². The molecule has 3 rings (SSSR count). The zero-order chi connectivity index (χ0) is 21.8. The van der Waals surface area contributed by atoms with Crippen LogP contribution in [-0.2, 0) is 19.3 Å². The van der Waals surface area contributed by atoms with E-state index in [1.807, 2.05) is 6.92 Å². The molecule has 0 unspecified atom stereocenters. The van der Waals surface area contributed by atoms with Gasteiger partial charge < -0.3 is 9.88 Å². The number of hydrogen-bond donors (Lipinski definition) is 1. The molecule has 5 nitrogen and oxygen atoms in total. The average molecular weight is 402 g/mol. The van der Waals surface area contributed by atoms with Crippen LogP contribution in [0.3, 0.4) is 0 Å². The number of benzene rings is 1. The fourth-order valence-corrected chi connectivity index (χ4v) is 3.00. The molecule has 1 aromatic carbocycles. The Bertz CT molecular complexity index is 1100. The van der Waals surface area contributed by atoms with Gasteiger partial charge >= 0.3 is 6.18 Å². The van der Waals surface area contributed by atoms with Gasteiger partial charge in [0.1, 0.15) is 11.6 Å². The summed E-state index contributed by atoms with van der Waals surface area (Å²) in [5.74, 6) is 0.955. The lowest BCUT2D eigenvalue weighted by atomic mass is 10.0. The second-order valence-corrected chi connectivity index (χ2v) is 6.26. The van der Waals surface area contributed by atoms with E-state index in [2.05, 4.69) is 28.1 Å². The topological polar surface area (TPSA) is 59.8 Å². The molecule has 0 aliphatic carbocycles. The number of hydrogen-bond acceptors (Lipinski definition) is 4. The number of nitrogens with zero attached hydrogens (tertiary/aromatic N) is 3. The van der Waals surface area contributed by atoms with Crippen molar-refractivity contribution in [3.05, 3.63) is 63.3 Å². The number of rotatable bonds is 4. The summed E-state index contributed by atoms with van der Waals surface area (Å²) in [6.45, 7) is 5.67. The van der Waals surface area contributed by atoms with Crippen molar-refractivity contribution in [2.24, 2.45) is 0 Å². The molecule has 0 fully saturated rings. The Morgan fingerprint density at radius 2 is 1.86 bits per heavy atom. The molecule has 1 N–H and O–H groups in total. The Hall–Kier alpha value is -3.34. The van der Waals surface area contributed by atoms with E-state index in [-0.39, 0.29) is 17.7 Å². The summed E-state index contributed by atoms with van der Waals surface area (Å²) >= 11 is 0. The van der Waals surface area contributed by atoms with Crippen LogP contribution in [-0.4, -0.2) is 14.5 Å². The van der Waals surface area contributed by atoms with E-state index in [0.29, 0.717) is 34.7 Å². The van der Waals surface area contributed by atoms with Crippen LogP contribution in [0.25, 0.3) is 10.9 Å². The molecule has 0 saturated heterocycles. The molecule has 3 aromatic rings. The van der Waals surface area contributed by atoms with E-state index < -0.39 is 11.7 Å². The van der Waals surface area contributed by atoms with Gasteiger partial charge in [-0.05, 0) is 38.0 Å². The van der Waals surface area contributed by atoms with Gasteiger partial charge in [0.05, 0.1) is 16.5 Å². The highest BCUT2D eigenvalue weighted by Gasteiger charge is 2.32. The summed E-state index contributed by atoms with van der Waals surface area (Å²) in [5, 5.41) is 3.75. The van der Waals surface area contributed by atoms with Gasteiger partial charge in [-0.25, -0.2) is 9.97 Å². The van der Waals surface area contributed by atoms with Crippen molar-refractivity contribution in [2.45, 2.75) is 40.0 Å². The number of halogens is 3. The third-order valence-electron chi connectivity index (χ3n) is 4.45. The summed E-state index contributed by atoms with van der Waals surface area (Å²) in [4.78, 5) is 20.7. The lowest BCUT2D eigenvalue weighted by molar-refractivity contribution is -0.138. The molecule has 2 aromatic heterocycles. The number of aryl methyl sites for hydroxylation is 2. The van der Waals surface area contributed by atoms with Crippen LogP contribution in [0.1, 0.15) is 29.4 Å². The van der Waals surface area contributed by atoms with Crippen molar-refractivity contribution in [3.63, 3.8) is 0 Å². The molecule has 0 aliphatic heterocycles. The first kappa shape index (κ1) is 22.0. The summed E-state index contributed by atoms with van der Waals surface area (Å²) in [7, 11) is 0. The molecule has 0 aliphatic rings. The van der Waals surface area contributed by atoms with Gasteiger partial charge in [0.25, 0.3) is 5.56 Å². The molecule has 0 radical (unpaired) electrons. The van der Waals surface area contributed by atoms with Crippen molar-refractivity contribution in [2.75, 3.05) is 5.32 Å². The summed E-state index contributed by atoms with van der Waals surface area (Å²) in [5.41, 5.74) is 0.393. The molecule has 0 amide bonds. The van der Waals surface area contributed by atoms with Gasteiger partial charge in [-0.3, -0.25) is 4.79 Å². The highest BCUT2D eigenvalue weighted by molar-refractivity contribution is 5.88. The normalized spacial score (nSPS) is 11.0. The van der Waals surface area contributed by atoms with Crippen LogP contribution in [0.4, 0.5) is 19.0 Å². The van der Waals surface area contributed by atoms with Gasteiger partial charge in [0, 0.05) is 25.4 Å². The molecular weight excluding hydrogens is 381 g/mol. The fourth-order valence-electron chi connectivity index (χ4n) is 3.00. The van der Waals surface area contributed by atoms with E-state index in [1.165, 1.54) is 23.6 Å². The highest BCUT2D eigenvalue weighted by atomic mass is 19.4. The second-order valence-electron chi connectivity index (χ2n) is 6.26. The molecule has 0 bridgehead atoms. The molecule has 0 saturated carbocycles. The number of anilines is 1. The fraction of sp³-hybridized carbons (Fsp3) is 0.286. The van der Waals surface area contributed by atoms with Crippen LogP contribution >= 0.6 is 0 Å². The highest BCUT2D eigenvalue weighted by Crippen LogP contribution is 2.33. The third-order valence-corrected chi connectivity index (χ3v) is 4.45. The molecule has 29 heavy (non-hydrogen) atoms. The lowest BCUT2D eigenvalue weighted by Gasteiger charge is -2.15. The van der Waals surface area contributed by atoms with Crippen molar-refractivity contribution in [1.82, 2.24) is 14.5 Å². The number of aromatic nitrogens is 3. The van der Waals surface area contributed by atoms with E-state index in [4.69, 9.17) is 0 Å². The van der Waals surface area contributed by atoms with Gasteiger partial charge in [0.2, 0.25) is 0 Å². The SMILES string of the molecule is C#C.CCn1cc2c(NCc3cccc(C(F)(F)F)c3C)nc(C)nc2cc1=O.